The van der Waals surface area contributed by atoms with E-state index in [0.29, 0.717) is 13.0 Å². The molecule has 0 aromatic carbocycles. The van der Waals surface area contributed by atoms with E-state index in [4.69, 9.17) is 0 Å². The Hall–Kier alpha value is -0.510. The largest absolute Gasteiger partial charge is 0.282 e. The zero-order valence-corrected chi connectivity index (χ0v) is 13.0. The van der Waals surface area contributed by atoms with Crippen molar-refractivity contribution in [3.05, 3.63) is 0 Å². The molecule has 1 fully saturated rings. The molecule has 106 valence electrons. The Morgan fingerprint density at radius 2 is 1.78 bits per heavy atom. The fourth-order valence-electron chi connectivity index (χ4n) is 1.95. The number of thioether (sulfide) groups is 1. The Morgan fingerprint density at radius 1 is 1.17 bits per heavy atom. The van der Waals surface area contributed by atoms with E-state index in [0.717, 1.165) is 12.8 Å². The summed E-state index contributed by atoms with van der Waals surface area (Å²) in [6.07, 6.45) is 8.03. The summed E-state index contributed by atoms with van der Waals surface area (Å²) in [5.74, 6) is 0.0350. The van der Waals surface area contributed by atoms with E-state index < -0.39 is 0 Å². The lowest BCUT2D eigenvalue weighted by Crippen LogP contribution is -2.32. The number of carbonyl (C=O) groups excluding carboxylic acids is 2. The number of hydrogen-bond donors (Lipinski definition) is 0. The number of hydrogen-bond acceptors (Lipinski definition) is 3. The van der Waals surface area contributed by atoms with Crippen molar-refractivity contribution in [2.75, 3.05) is 12.8 Å². The number of rotatable bonds is 7. The number of carbonyl (C=O) groups is 2. The van der Waals surface area contributed by atoms with Crippen LogP contribution in [-0.4, -0.2) is 34.8 Å². The van der Waals surface area contributed by atoms with Crippen molar-refractivity contribution in [1.82, 2.24) is 4.90 Å². The summed E-state index contributed by atoms with van der Waals surface area (Å²) in [5.41, 5.74) is 0. The number of imide groups is 1. The number of unbranched alkanes of at least 4 members (excludes halogenated alkanes) is 4. The van der Waals surface area contributed by atoms with E-state index in [1.807, 2.05) is 20.1 Å². The molecule has 0 aromatic rings. The molecule has 1 unspecified atom stereocenters. The zero-order valence-electron chi connectivity index (χ0n) is 12.2. The van der Waals surface area contributed by atoms with E-state index >= 15 is 0 Å². The van der Waals surface area contributed by atoms with Crippen molar-refractivity contribution < 1.29 is 9.59 Å². The smallest absolute Gasteiger partial charge is 0.242 e. The van der Waals surface area contributed by atoms with Crippen LogP contribution in [0.3, 0.4) is 0 Å². The maximum Gasteiger partial charge on any atom is 0.242 e. The lowest BCUT2D eigenvalue weighted by atomic mass is 10.1. The second-order valence-corrected chi connectivity index (χ2v) is 5.27. The highest BCUT2D eigenvalue weighted by Gasteiger charge is 2.37. The summed E-state index contributed by atoms with van der Waals surface area (Å²) in [5, 5.41) is -0.122. The van der Waals surface area contributed by atoms with Gasteiger partial charge in [0.2, 0.25) is 11.8 Å². The van der Waals surface area contributed by atoms with Crippen LogP contribution in [0.15, 0.2) is 0 Å². The van der Waals surface area contributed by atoms with Crippen molar-refractivity contribution in [3.63, 3.8) is 0 Å². The van der Waals surface area contributed by atoms with Gasteiger partial charge in [-0.05, 0) is 12.7 Å². The molecule has 18 heavy (non-hydrogen) atoms. The van der Waals surface area contributed by atoms with Crippen LogP contribution >= 0.6 is 11.8 Å². The molecule has 0 N–H and O–H groups in total. The minimum atomic E-state index is -0.122. The minimum absolute atomic E-state index is 0.0137. The molecule has 1 aliphatic heterocycles. The molecular weight excluding hydrogens is 246 g/mol. The van der Waals surface area contributed by atoms with Gasteiger partial charge in [0.25, 0.3) is 0 Å². The Balaban J connectivity index is 0.00000137. The van der Waals surface area contributed by atoms with Crippen LogP contribution in [-0.2, 0) is 9.59 Å². The van der Waals surface area contributed by atoms with Crippen LogP contribution in [0.2, 0.25) is 0 Å². The third kappa shape index (κ3) is 5.42. The highest BCUT2D eigenvalue weighted by Crippen LogP contribution is 2.23. The van der Waals surface area contributed by atoms with E-state index in [1.165, 1.54) is 35.9 Å². The van der Waals surface area contributed by atoms with Crippen molar-refractivity contribution >= 4 is 23.6 Å². The standard InChI is InChI=1S/C12H21NO2S.C2H6/c1-3-4-5-6-7-8-13-11(14)9-10(16-2)12(13)15;1-2/h10H,3-9H2,1-2H3;1-2H3. The van der Waals surface area contributed by atoms with Gasteiger partial charge in [-0.1, -0.05) is 46.5 Å². The maximum atomic E-state index is 11.8. The van der Waals surface area contributed by atoms with Crippen LogP contribution < -0.4 is 0 Å². The topological polar surface area (TPSA) is 37.4 Å². The first-order valence-electron chi connectivity index (χ1n) is 7.07. The summed E-state index contributed by atoms with van der Waals surface area (Å²) < 4.78 is 0. The van der Waals surface area contributed by atoms with Crippen molar-refractivity contribution in [2.45, 2.75) is 64.5 Å². The van der Waals surface area contributed by atoms with Gasteiger partial charge in [-0.15, -0.1) is 0 Å². The molecule has 0 bridgehead atoms. The second kappa shape index (κ2) is 10.4. The van der Waals surface area contributed by atoms with Crippen molar-refractivity contribution in [1.29, 1.82) is 0 Å². The molecule has 1 aliphatic rings. The van der Waals surface area contributed by atoms with Crippen LogP contribution in [0.1, 0.15) is 59.3 Å². The van der Waals surface area contributed by atoms with Gasteiger partial charge < -0.3 is 0 Å². The molecule has 0 aromatic heterocycles. The molecule has 1 saturated heterocycles. The molecule has 0 aliphatic carbocycles. The third-order valence-corrected chi connectivity index (χ3v) is 3.91. The molecule has 0 spiro atoms. The zero-order chi connectivity index (χ0) is 14.0. The predicted molar refractivity (Wildman–Crippen MR) is 78.7 cm³/mol. The summed E-state index contributed by atoms with van der Waals surface area (Å²) in [6, 6.07) is 0. The fourth-order valence-corrected chi connectivity index (χ4v) is 2.58. The molecule has 1 heterocycles. The SMILES string of the molecule is CC.CCCCCCCN1C(=O)CC(SC)C1=O. The molecule has 3 nitrogen and oxygen atoms in total. The Bertz CT molecular complexity index is 256. The number of likely N-dealkylation sites (tertiary alicyclic amines) is 1. The van der Waals surface area contributed by atoms with E-state index in [-0.39, 0.29) is 17.1 Å². The number of amides is 2. The monoisotopic (exact) mass is 273 g/mol. The van der Waals surface area contributed by atoms with Gasteiger partial charge in [-0.3, -0.25) is 14.5 Å². The summed E-state index contributed by atoms with van der Waals surface area (Å²) in [7, 11) is 0. The maximum absolute atomic E-state index is 11.8. The Kier molecular flexibility index (Phi) is 10.1. The van der Waals surface area contributed by atoms with Crippen molar-refractivity contribution in [3.8, 4) is 0 Å². The third-order valence-electron chi connectivity index (χ3n) is 2.97. The highest BCUT2D eigenvalue weighted by atomic mass is 32.2. The van der Waals surface area contributed by atoms with Gasteiger partial charge >= 0.3 is 0 Å². The van der Waals surface area contributed by atoms with Crippen LogP contribution in [0.5, 0.6) is 0 Å². The van der Waals surface area contributed by atoms with E-state index in [2.05, 4.69) is 6.92 Å². The van der Waals surface area contributed by atoms with Gasteiger partial charge in [0.15, 0.2) is 0 Å². The highest BCUT2D eigenvalue weighted by molar-refractivity contribution is 8.00. The second-order valence-electron chi connectivity index (χ2n) is 4.23. The normalized spacial score (nSPS) is 18.9. The Labute approximate surface area is 116 Å². The molecule has 1 atom stereocenters. The predicted octanol–water partition coefficient (Wildman–Crippen LogP) is 3.47. The average molecular weight is 273 g/mol. The summed E-state index contributed by atoms with van der Waals surface area (Å²) in [4.78, 5) is 24.8. The average Bonchev–Trinajstić information content (AvgIpc) is 2.67. The molecule has 0 saturated carbocycles. The molecule has 1 rings (SSSR count). The Morgan fingerprint density at radius 3 is 2.28 bits per heavy atom. The summed E-state index contributed by atoms with van der Waals surface area (Å²) in [6.45, 7) is 6.80. The molecule has 2 amide bonds. The molecule has 4 heteroatoms. The lowest BCUT2D eigenvalue weighted by molar-refractivity contribution is -0.138. The first-order chi connectivity index (χ1) is 8.70. The van der Waals surface area contributed by atoms with Gasteiger partial charge in [0.1, 0.15) is 0 Å². The minimum Gasteiger partial charge on any atom is -0.282 e. The number of nitrogens with zero attached hydrogens (tertiary/aromatic N) is 1. The van der Waals surface area contributed by atoms with Crippen LogP contribution in [0.4, 0.5) is 0 Å². The van der Waals surface area contributed by atoms with Gasteiger partial charge in [-0.25, -0.2) is 0 Å². The van der Waals surface area contributed by atoms with Gasteiger partial charge in [-0.2, -0.15) is 11.8 Å². The fraction of sp³-hybridized carbons (Fsp3) is 0.857. The molecule has 0 radical (unpaired) electrons. The lowest BCUT2D eigenvalue weighted by Gasteiger charge is -2.14. The van der Waals surface area contributed by atoms with Crippen LogP contribution in [0, 0.1) is 0 Å². The quantitative estimate of drug-likeness (QED) is 0.526. The van der Waals surface area contributed by atoms with Crippen molar-refractivity contribution in [2.24, 2.45) is 0 Å². The van der Waals surface area contributed by atoms with Gasteiger partial charge in [0.05, 0.1) is 5.25 Å². The first kappa shape index (κ1) is 17.5. The van der Waals surface area contributed by atoms with E-state index in [1.54, 1.807) is 0 Å². The molecular formula is C14H27NO2S. The van der Waals surface area contributed by atoms with E-state index in [9.17, 15) is 9.59 Å². The van der Waals surface area contributed by atoms with Crippen LogP contribution in [0.25, 0.3) is 0 Å². The van der Waals surface area contributed by atoms with Gasteiger partial charge in [0, 0.05) is 13.0 Å². The summed E-state index contributed by atoms with van der Waals surface area (Å²) >= 11 is 1.48. The first-order valence-corrected chi connectivity index (χ1v) is 8.36.